The summed E-state index contributed by atoms with van der Waals surface area (Å²) in [5, 5.41) is 0.960. The molecule has 0 saturated heterocycles. The van der Waals surface area contributed by atoms with E-state index in [-0.39, 0.29) is 0 Å². The van der Waals surface area contributed by atoms with Gasteiger partial charge in [-0.05, 0) is 28.1 Å². The van der Waals surface area contributed by atoms with Crippen molar-refractivity contribution in [1.29, 1.82) is 0 Å². The molecule has 2 rings (SSSR count). The van der Waals surface area contributed by atoms with E-state index in [4.69, 9.17) is 4.74 Å². The van der Waals surface area contributed by atoms with E-state index in [1.54, 1.807) is 13.3 Å². The maximum absolute atomic E-state index is 5.15. The summed E-state index contributed by atoms with van der Waals surface area (Å²) < 4.78 is 6.05. The third kappa shape index (κ3) is 1.37. The summed E-state index contributed by atoms with van der Waals surface area (Å²) in [5.41, 5.74) is 0.905. The molecule has 0 saturated carbocycles. The normalized spacial score (nSPS) is 10.3. The standard InChI is InChI=1S/C9H7BrN2O/c1-13-8-3-2-7-6(9(8)10)4-11-5-12-7/h2-5H,1H3. The molecular formula is C9H7BrN2O. The van der Waals surface area contributed by atoms with Crippen molar-refractivity contribution in [3.63, 3.8) is 0 Å². The molecule has 0 N–H and O–H groups in total. The first-order valence-electron chi connectivity index (χ1n) is 3.75. The Morgan fingerprint density at radius 2 is 2.23 bits per heavy atom. The topological polar surface area (TPSA) is 35.0 Å². The number of hydrogen-bond donors (Lipinski definition) is 0. The first-order valence-corrected chi connectivity index (χ1v) is 4.54. The Kier molecular flexibility index (Phi) is 2.14. The van der Waals surface area contributed by atoms with Gasteiger partial charge in [-0.25, -0.2) is 9.97 Å². The minimum atomic E-state index is 0.794. The van der Waals surface area contributed by atoms with Gasteiger partial charge in [-0.3, -0.25) is 0 Å². The lowest BCUT2D eigenvalue weighted by Crippen LogP contribution is -1.87. The molecule has 0 bridgehead atoms. The molecule has 0 amide bonds. The molecular weight excluding hydrogens is 232 g/mol. The first kappa shape index (κ1) is 8.44. The Hall–Kier alpha value is -1.16. The van der Waals surface area contributed by atoms with Crippen LogP contribution in [0.1, 0.15) is 0 Å². The van der Waals surface area contributed by atoms with Crippen molar-refractivity contribution in [2.45, 2.75) is 0 Å². The largest absolute Gasteiger partial charge is 0.496 e. The quantitative estimate of drug-likeness (QED) is 0.766. The second-order valence-electron chi connectivity index (χ2n) is 2.54. The van der Waals surface area contributed by atoms with E-state index in [2.05, 4.69) is 25.9 Å². The molecule has 3 nitrogen and oxygen atoms in total. The molecule has 0 aliphatic rings. The molecule has 2 aromatic rings. The van der Waals surface area contributed by atoms with E-state index >= 15 is 0 Å². The number of hydrogen-bond acceptors (Lipinski definition) is 3. The molecule has 1 heterocycles. The predicted molar refractivity (Wildman–Crippen MR) is 53.8 cm³/mol. The van der Waals surface area contributed by atoms with Crippen molar-refractivity contribution in [3.8, 4) is 5.75 Å². The van der Waals surface area contributed by atoms with Gasteiger partial charge in [-0.2, -0.15) is 0 Å². The minimum absolute atomic E-state index is 0.794. The summed E-state index contributed by atoms with van der Waals surface area (Å²) in [6.45, 7) is 0. The average molecular weight is 239 g/mol. The molecule has 13 heavy (non-hydrogen) atoms. The van der Waals surface area contributed by atoms with Gasteiger partial charge in [0.1, 0.15) is 12.1 Å². The van der Waals surface area contributed by atoms with Crippen LogP contribution in [0.15, 0.2) is 29.1 Å². The highest BCUT2D eigenvalue weighted by Crippen LogP contribution is 2.31. The van der Waals surface area contributed by atoms with Crippen LogP contribution >= 0.6 is 15.9 Å². The van der Waals surface area contributed by atoms with Crippen molar-refractivity contribution < 1.29 is 4.74 Å². The van der Waals surface area contributed by atoms with Gasteiger partial charge in [0, 0.05) is 11.6 Å². The molecule has 0 fully saturated rings. The monoisotopic (exact) mass is 238 g/mol. The number of rotatable bonds is 1. The first-order chi connectivity index (χ1) is 6.33. The van der Waals surface area contributed by atoms with E-state index in [0.29, 0.717) is 0 Å². The lowest BCUT2D eigenvalue weighted by molar-refractivity contribution is 0.413. The van der Waals surface area contributed by atoms with Gasteiger partial charge < -0.3 is 4.74 Å². The van der Waals surface area contributed by atoms with Gasteiger partial charge in [-0.1, -0.05) is 0 Å². The van der Waals surface area contributed by atoms with Crippen LogP contribution in [0.25, 0.3) is 10.9 Å². The van der Waals surface area contributed by atoms with Crippen molar-refractivity contribution in [1.82, 2.24) is 9.97 Å². The smallest absolute Gasteiger partial charge is 0.133 e. The van der Waals surface area contributed by atoms with Crippen LogP contribution in [-0.2, 0) is 0 Å². The predicted octanol–water partition coefficient (Wildman–Crippen LogP) is 2.40. The summed E-state index contributed by atoms with van der Waals surface area (Å²) in [7, 11) is 1.63. The average Bonchev–Trinajstić information content (AvgIpc) is 2.19. The van der Waals surface area contributed by atoms with Gasteiger partial charge in [-0.15, -0.1) is 0 Å². The zero-order valence-corrected chi connectivity index (χ0v) is 8.58. The summed E-state index contributed by atoms with van der Waals surface area (Å²) in [6, 6.07) is 3.78. The van der Waals surface area contributed by atoms with E-state index in [9.17, 15) is 0 Å². The second-order valence-corrected chi connectivity index (χ2v) is 3.33. The van der Waals surface area contributed by atoms with Crippen molar-refractivity contribution in [2.24, 2.45) is 0 Å². The Labute approximate surface area is 83.9 Å². The van der Waals surface area contributed by atoms with Crippen molar-refractivity contribution >= 4 is 26.8 Å². The fraction of sp³-hybridized carbons (Fsp3) is 0.111. The van der Waals surface area contributed by atoms with Crippen LogP contribution in [-0.4, -0.2) is 17.1 Å². The summed E-state index contributed by atoms with van der Waals surface area (Å²) in [5.74, 6) is 0.794. The number of halogens is 1. The number of nitrogens with zero attached hydrogens (tertiary/aromatic N) is 2. The molecule has 4 heteroatoms. The fourth-order valence-corrected chi connectivity index (χ4v) is 1.76. The number of ether oxygens (including phenoxy) is 1. The van der Waals surface area contributed by atoms with Crippen LogP contribution < -0.4 is 4.74 Å². The van der Waals surface area contributed by atoms with Gasteiger partial charge in [0.2, 0.25) is 0 Å². The van der Waals surface area contributed by atoms with Crippen LogP contribution in [0.3, 0.4) is 0 Å². The zero-order chi connectivity index (χ0) is 9.26. The van der Waals surface area contributed by atoms with Gasteiger partial charge >= 0.3 is 0 Å². The van der Waals surface area contributed by atoms with Gasteiger partial charge in [0.15, 0.2) is 0 Å². The molecule has 66 valence electrons. The Morgan fingerprint density at radius 1 is 1.38 bits per heavy atom. The lowest BCUT2D eigenvalue weighted by Gasteiger charge is -2.04. The van der Waals surface area contributed by atoms with Gasteiger partial charge in [0.05, 0.1) is 17.1 Å². The minimum Gasteiger partial charge on any atom is -0.496 e. The zero-order valence-electron chi connectivity index (χ0n) is 6.99. The Bertz CT molecular complexity index is 445. The van der Waals surface area contributed by atoms with Crippen molar-refractivity contribution in [2.75, 3.05) is 7.11 Å². The van der Waals surface area contributed by atoms with Crippen LogP contribution in [0, 0.1) is 0 Å². The highest BCUT2D eigenvalue weighted by molar-refractivity contribution is 9.10. The molecule has 0 aliphatic heterocycles. The third-order valence-electron chi connectivity index (χ3n) is 1.81. The number of fused-ring (bicyclic) bond motifs is 1. The fourth-order valence-electron chi connectivity index (χ4n) is 1.16. The Balaban J connectivity index is 2.79. The lowest BCUT2D eigenvalue weighted by atomic mass is 10.2. The molecule has 0 unspecified atom stereocenters. The summed E-state index contributed by atoms with van der Waals surface area (Å²) >= 11 is 3.44. The second kappa shape index (κ2) is 3.30. The molecule has 0 radical (unpaired) electrons. The van der Waals surface area contributed by atoms with Crippen LogP contribution in [0.4, 0.5) is 0 Å². The van der Waals surface area contributed by atoms with E-state index in [1.807, 2.05) is 12.1 Å². The molecule has 1 aromatic heterocycles. The van der Waals surface area contributed by atoms with E-state index < -0.39 is 0 Å². The molecule has 0 aliphatic carbocycles. The number of benzene rings is 1. The van der Waals surface area contributed by atoms with E-state index in [1.165, 1.54) is 6.33 Å². The van der Waals surface area contributed by atoms with Crippen LogP contribution in [0.2, 0.25) is 0 Å². The molecule has 0 atom stereocenters. The number of aromatic nitrogens is 2. The van der Waals surface area contributed by atoms with Gasteiger partial charge in [0.25, 0.3) is 0 Å². The highest BCUT2D eigenvalue weighted by Gasteiger charge is 2.04. The summed E-state index contributed by atoms with van der Waals surface area (Å²) in [6.07, 6.45) is 3.29. The third-order valence-corrected chi connectivity index (χ3v) is 2.63. The summed E-state index contributed by atoms with van der Waals surface area (Å²) in [4.78, 5) is 8.07. The SMILES string of the molecule is COc1ccc2ncncc2c1Br. The molecule has 1 aromatic carbocycles. The van der Waals surface area contributed by atoms with Crippen molar-refractivity contribution in [3.05, 3.63) is 29.1 Å². The molecule has 0 spiro atoms. The number of methoxy groups -OCH3 is 1. The maximum atomic E-state index is 5.15. The highest BCUT2D eigenvalue weighted by atomic mass is 79.9. The maximum Gasteiger partial charge on any atom is 0.133 e. The van der Waals surface area contributed by atoms with E-state index in [0.717, 1.165) is 21.1 Å². The van der Waals surface area contributed by atoms with Crippen LogP contribution in [0.5, 0.6) is 5.75 Å². The Morgan fingerprint density at radius 3 is 3.00 bits per heavy atom.